The van der Waals surface area contributed by atoms with Crippen LogP contribution in [-0.4, -0.2) is 26.6 Å². The van der Waals surface area contributed by atoms with Gasteiger partial charge in [-0.15, -0.1) is 0 Å². The molecule has 0 aliphatic heterocycles. The lowest BCUT2D eigenvalue weighted by Gasteiger charge is -2.14. The average Bonchev–Trinajstić information content (AvgIpc) is 3.42. The number of imidazole rings is 2. The third kappa shape index (κ3) is 3.92. The normalized spacial score (nSPS) is 11.2. The number of fused-ring (bicyclic) bond motifs is 1. The van der Waals surface area contributed by atoms with Crippen LogP contribution < -0.4 is 4.74 Å². The van der Waals surface area contributed by atoms with Crippen molar-refractivity contribution < 1.29 is 4.74 Å². The van der Waals surface area contributed by atoms with Gasteiger partial charge in [0.1, 0.15) is 11.6 Å². The van der Waals surface area contributed by atoms with Crippen LogP contribution >= 0.6 is 23.4 Å². The van der Waals surface area contributed by atoms with Gasteiger partial charge in [-0.05, 0) is 48.5 Å². The van der Waals surface area contributed by atoms with E-state index in [0.717, 1.165) is 44.7 Å². The van der Waals surface area contributed by atoms with Crippen molar-refractivity contribution in [1.82, 2.24) is 19.5 Å². The van der Waals surface area contributed by atoms with E-state index < -0.39 is 0 Å². The first-order valence-electron chi connectivity index (χ1n) is 9.76. The molecular weight excluding hydrogens is 428 g/mol. The number of nitrogens with one attached hydrogen (secondary N) is 1. The highest BCUT2D eigenvalue weighted by atomic mass is 35.5. The molecule has 0 unspecified atom stereocenters. The van der Waals surface area contributed by atoms with Crippen LogP contribution in [0.1, 0.15) is 5.82 Å². The molecule has 2 heterocycles. The van der Waals surface area contributed by atoms with E-state index in [-0.39, 0.29) is 0 Å². The van der Waals surface area contributed by atoms with Crippen molar-refractivity contribution in [3.05, 3.63) is 89.8 Å². The maximum absolute atomic E-state index is 6.13. The molecule has 154 valence electrons. The van der Waals surface area contributed by atoms with E-state index in [0.29, 0.717) is 10.8 Å². The van der Waals surface area contributed by atoms with Gasteiger partial charge in [0.2, 0.25) is 0 Å². The average molecular weight is 447 g/mol. The summed E-state index contributed by atoms with van der Waals surface area (Å²) < 4.78 is 7.72. The highest BCUT2D eigenvalue weighted by molar-refractivity contribution is 7.98. The topological polar surface area (TPSA) is 55.7 Å². The Kier molecular flexibility index (Phi) is 5.40. The van der Waals surface area contributed by atoms with Crippen LogP contribution in [0.2, 0.25) is 5.02 Å². The number of para-hydroxylation sites is 3. The summed E-state index contributed by atoms with van der Waals surface area (Å²) in [6, 6.07) is 23.7. The smallest absolute Gasteiger partial charge is 0.173 e. The van der Waals surface area contributed by atoms with E-state index in [9.17, 15) is 0 Å². The largest absolute Gasteiger partial charge is 0.496 e. The van der Waals surface area contributed by atoms with Gasteiger partial charge in [0, 0.05) is 16.3 Å². The number of hydrogen-bond acceptors (Lipinski definition) is 4. The molecule has 0 amide bonds. The second kappa shape index (κ2) is 8.49. The second-order valence-electron chi connectivity index (χ2n) is 6.93. The molecule has 5 rings (SSSR count). The third-order valence-corrected chi connectivity index (χ3v) is 6.19. The number of methoxy groups -OCH3 is 1. The fraction of sp³-hybridized carbons (Fsp3) is 0.0833. The molecule has 5 aromatic rings. The minimum atomic E-state index is 0.671. The van der Waals surface area contributed by atoms with Crippen LogP contribution in [0, 0.1) is 0 Å². The number of nitrogens with zero attached hydrogens (tertiary/aromatic N) is 3. The molecule has 0 radical (unpaired) electrons. The van der Waals surface area contributed by atoms with Gasteiger partial charge >= 0.3 is 0 Å². The zero-order valence-electron chi connectivity index (χ0n) is 16.7. The quantitative estimate of drug-likeness (QED) is 0.308. The van der Waals surface area contributed by atoms with Crippen molar-refractivity contribution in [1.29, 1.82) is 0 Å². The maximum Gasteiger partial charge on any atom is 0.173 e. The zero-order chi connectivity index (χ0) is 21.2. The number of H-pyrrole nitrogens is 1. The third-order valence-electron chi connectivity index (χ3n) is 4.97. The highest BCUT2D eigenvalue weighted by Gasteiger charge is 2.17. The van der Waals surface area contributed by atoms with Gasteiger partial charge < -0.3 is 9.72 Å². The van der Waals surface area contributed by atoms with Gasteiger partial charge in [0.25, 0.3) is 0 Å². The summed E-state index contributed by atoms with van der Waals surface area (Å²) in [5, 5.41) is 1.56. The molecule has 0 bridgehead atoms. The summed E-state index contributed by atoms with van der Waals surface area (Å²) in [6.07, 6.45) is 1.88. The number of aromatic amines is 1. The molecule has 0 aliphatic rings. The molecule has 5 nitrogen and oxygen atoms in total. The first-order valence-corrected chi connectivity index (χ1v) is 11.1. The minimum Gasteiger partial charge on any atom is -0.496 e. The summed E-state index contributed by atoms with van der Waals surface area (Å²) in [5.41, 5.74) is 4.91. The van der Waals surface area contributed by atoms with E-state index in [4.69, 9.17) is 21.3 Å². The van der Waals surface area contributed by atoms with Crippen molar-refractivity contribution in [2.75, 3.05) is 7.11 Å². The molecule has 0 saturated carbocycles. The lowest BCUT2D eigenvalue weighted by Crippen LogP contribution is -2.00. The first-order chi connectivity index (χ1) is 15.2. The first kappa shape index (κ1) is 19.7. The number of hydrogen-bond donors (Lipinski definition) is 1. The number of aromatic nitrogens is 4. The Morgan fingerprint density at radius 3 is 2.58 bits per heavy atom. The lowest BCUT2D eigenvalue weighted by atomic mass is 10.1. The Labute approximate surface area is 189 Å². The van der Waals surface area contributed by atoms with E-state index in [1.807, 2.05) is 79.0 Å². The predicted molar refractivity (Wildman–Crippen MR) is 126 cm³/mol. The van der Waals surface area contributed by atoms with E-state index in [2.05, 4.69) is 14.5 Å². The summed E-state index contributed by atoms with van der Waals surface area (Å²) in [7, 11) is 1.68. The minimum absolute atomic E-state index is 0.671. The van der Waals surface area contributed by atoms with Crippen molar-refractivity contribution in [3.63, 3.8) is 0 Å². The Balaban J connectivity index is 1.55. The Bertz CT molecular complexity index is 1310. The number of benzene rings is 3. The van der Waals surface area contributed by atoms with E-state index >= 15 is 0 Å². The van der Waals surface area contributed by atoms with Gasteiger partial charge in [0.05, 0.1) is 35.8 Å². The van der Waals surface area contributed by atoms with Gasteiger partial charge in [-0.3, -0.25) is 4.57 Å². The van der Waals surface area contributed by atoms with E-state index in [1.165, 1.54) is 0 Å². The molecule has 0 spiro atoms. The van der Waals surface area contributed by atoms with Crippen LogP contribution in [-0.2, 0) is 5.75 Å². The Morgan fingerprint density at radius 1 is 1.00 bits per heavy atom. The number of rotatable bonds is 6. The van der Waals surface area contributed by atoms with Crippen molar-refractivity contribution in [2.24, 2.45) is 0 Å². The molecule has 1 N–H and O–H groups in total. The van der Waals surface area contributed by atoms with Gasteiger partial charge in [-0.2, -0.15) is 0 Å². The molecule has 3 aromatic carbocycles. The summed E-state index contributed by atoms with van der Waals surface area (Å²) in [5.74, 6) is 2.38. The molecule has 0 atom stereocenters. The van der Waals surface area contributed by atoms with E-state index in [1.54, 1.807) is 18.9 Å². The number of thioether (sulfide) groups is 1. The molecule has 0 fully saturated rings. The molecule has 7 heteroatoms. The predicted octanol–water partition coefficient (Wildman–Crippen LogP) is 6.37. The number of ether oxygens (including phenoxy) is 1. The molecule has 31 heavy (non-hydrogen) atoms. The summed E-state index contributed by atoms with van der Waals surface area (Å²) in [6.45, 7) is 0. The molecule has 2 aromatic heterocycles. The molecule has 0 aliphatic carbocycles. The van der Waals surface area contributed by atoms with Crippen LogP contribution in [0.5, 0.6) is 5.75 Å². The Hall–Kier alpha value is -3.22. The van der Waals surface area contributed by atoms with Crippen LogP contribution in [0.15, 0.2) is 84.1 Å². The van der Waals surface area contributed by atoms with Crippen LogP contribution in [0.4, 0.5) is 0 Å². The van der Waals surface area contributed by atoms with Crippen molar-refractivity contribution >= 4 is 34.4 Å². The van der Waals surface area contributed by atoms with Crippen molar-refractivity contribution in [3.8, 4) is 22.7 Å². The standard InChI is InChI=1S/C24H19ClN4OS/c1-30-22-9-5-2-6-18(22)21-14-26-24(29(21)17-12-10-16(25)11-13-17)31-15-23-27-19-7-3-4-8-20(19)28-23/h2-14H,15H2,1H3,(H,27,28). The Morgan fingerprint density at radius 2 is 1.77 bits per heavy atom. The molecular formula is C24H19ClN4OS. The lowest BCUT2D eigenvalue weighted by molar-refractivity contribution is 0.416. The fourth-order valence-corrected chi connectivity index (χ4v) is 4.52. The second-order valence-corrected chi connectivity index (χ2v) is 8.31. The maximum atomic E-state index is 6.13. The highest BCUT2D eigenvalue weighted by Crippen LogP contribution is 2.35. The summed E-state index contributed by atoms with van der Waals surface area (Å²) >= 11 is 7.76. The van der Waals surface area contributed by atoms with Crippen molar-refractivity contribution in [2.45, 2.75) is 10.9 Å². The zero-order valence-corrected chi connectivity index (χ0v) is 18.3. The van der Waals surface area contributed by atoms with Crippen LogP contribution in [0.3, 0.4) is 0 Å². The summed E-state index contributed by atoms with van der Waals surface area (Å²) in [4.78, 5) is 12.8. The monoisotopic (exact) mass is 446 g/mol. The van der Waals surface area contributed by atoms with Gasteiger partial charge in [0.15, 0.2) is 5.16 Å². The molecule has 0 saturated heterocycles. The number of halogens is 1. The fourth-order valence-electron chi connectivity index (χ4n) is 3.53. The van der Waals surface area contributed by atoms with Gasteiger partial charge in [-0.1, -0.05) is 47.6 Å². The SMILES string of the molecule is COc1ccccc1-c1cnc(SCc2nc3ccccc3[nH]2)n1-c1ccc(Cl)cc1. The van der Waals surface area contributed by atoms with Gasteiger partial charge in [-0.25, -0.2) is 9.97 Å². The van der Waals surface area contributed by atoms with Crippen LogP contribution in [0.25, 0.3) is 28.0 Å².